The lowest BCUT2D eigenvalue weighted by Crippen LogP contribution is -2.24. The number of benzene rings is 3. The number of hydrogen-bond donors (Lipinski definition) is 1. The number of ether oxygens (including phenoxy) is 1. The fourth-order valence-electron chi connectivity index (χ4n) is 2.87. The second-order valence-corrected chi connectivity index (χ2v) is 6.81. The van der Waals surface area contributed by atoms with E-state index in [4.69, 9.17) is 4.74 Å². The highest BCUT2D eigenvalue weighted by Crippen LogP contribution is 2.19. The van der Waals surface area contributed by atoms with Crippen molar-refractivity contribution in [3.8, 4) is 5.75 Å². The average Bonchev–Trinajstić information content (AvgIpc) is 2.74. The Bertz CT molecular complexity index is 984. The molecule has 0 aliphatic rings. The molecular formula is C24H24N2O3. The molecule has 3 aromatic carbocycles. The smallest absolute Gasteiger partial charge is 0.255 e. The minimum Gasteiger partial charge on any atom is -0.493 e. The van der Waals surface area contributed by atoms with Crippen LogP contribution in [0.1, 0.15) is 26.3 Å². The molecule has 1 N–H and O–H groups in total. The standard InChI is InChI=1S/C24H24N2O3/c1-26(2)24(28)21-13-6-7-14-22(21)25-23(27)19-11-8-12-20(17-19)29-16-15-18-9-4-3-5-10-18/h3-14,17H,15-16H2,1-2H3,(H,25,27). The topological polar surface area (TPSA) is 58.6 Å². The Kier molecular flexibility index (Phi) is 6.63. The van der Waals surface area contributed by atoms with Gasteiger partial charge in [0.1, 0.15) is 5.75 Å². The number of amides is 2. The summed E-state index contributed by atoms with van der Waals surface area (Å²) < 4.78 is 5.80. The maximum Gasteiger partial charge on any atom is 0.255 e. The van der Waals surface area contributed by atoms with Crippen molar-refractivity contribution >= 4 is 17.5 Å². The molecule has 0 fully saturated rings. The van der Waals surface area contributed by atoms with Crippen molar-refractivity contribution in [3.63, 3.8) is 0 Å². The Morgan fingerprint density at radius 3 is 2.38 bits per heavy atom. The Morgan fingerprint density at radius 2 is 1.62 bits per heavy atom. The molecule has 5 heteroatoms. The summed E-state index contributed by atoms with van der Waals surface area (Å²) in [6.45, 7) is 0.523. The van der Waals surface area contributed by atoms with Gasteiger partial charge in [0.05, 0.1) is 17.9 Å². The molecule has 5 nitrogen and oxygen atoms in total. The molecule has 0 radical (unpaired) electrons. The van der Waals surface area contributed by atoms with Gasteiger partial charge in [0, 0.05) is 26.1 Å². The van der Waals surface area contributed by atoms with Crippen LogP contribution >= 0.6 is 0 Å². The van der Waals surface area contributed by atoms with Crippen LogP contribution in [-0.2, 0) is 6.42 Å². The maximum absolute atomic E-state index is 12.7. The molecule has 0 atom stereocenters. The van der Waals surface area contributed by atoms with Crippen molar-refractivity contribution in [1.82, 2.24) is 4.90 Å². The van der Waals surface area contributed by atoms with Crippen molar-refractivity contribution in [3.05, 3.63) is 95.6 Å². The predicted octanol–water partition coefficient (Wildman–Crippen LogP) is 4.26. The molecule has 29 heavy (non-hydrogen) atoms. The molecule has 3 aromatic rings. The number of nitrogens with one attached hydrogen (secondary N) is 1. The first kappa shape index (κ1) is 20.1. The third kappa shape index (κ3) is 5.45. The minimum absolute atomic E-state index is 0.168. The summed E-state index contributed by atoms with van der Waals surface area (Å²) >= 11 is 0. The van der Waals surface area contributed by atoms with Crippen LogP contribution in [0.15, 0.2) is 78.9 Å². The predicted molar refractivity (Wildman–Crippen MR) is 114 cm³/mol. The monoisotopic (exact) mass is 388 g/mol. The Hall–Kier alpha value is -3.60. The highest BCUT2D eigenvalue weighted by atomic mass is 16.5. The van der Waals surface area contributed by atoms with Gasteiger partial charge in [-0.05, 0) is 35.9 Å². The fraction of sp³-hybridized carbons (Fsp3) is 0.167. The molecule has 0 aromatic heterocycles. The molecule has 0 aliphatic carbocycles. The summed E-state index contributed by atoms with van der Waals surface area (Å²) in [6.07, 6.45) is 0.789. The third-order valence-electron chi connectivity index (χ3n) is 4.41. The van der Waals surface area contributed by atoms with Crippen molar-refractivity contribution in [2.24, 2.45) is 0 Å². The van der Waals surface area contributed by atoms with Gasteiger partial charge in [-0.15, -0.1) is 0 Å². The zero-order chi connectivity index (χ0) is 20.6. The first-order valence-electron chi connectivity index (χ1n) is 9.43. The normalized spacial score (nSPS) is 10.3. The molecule has 0 saturated heterocycles. The van der Waals surface area contributed by atoms with Crippen molar-refractivity contribution in [2.75, 3.05) is 26.0 Å². The van der Waals surface area contributed by atoms with Crippen LogP contribution in [0, 0.1) is 0 Å². The van der Waals surface area contributed by atoms with E-state index in [0.29, 0.717) is 29.2 Å². The van der Waals surface area contributed by atoms with Gasteiger partial charge in [-0.3, -0.25) is 9.59 Å². The van der Waals surface area contributed by atoms with E-state index in [1.165, 1.54) is 10.5 Å². The van der Waals surface area contributed by atoms with Crippen LogP contribution < -0.4 is 10.1 Å². The molecule has 0 spiro atoms. The lowest BCUT2D eigenvalue weighted by molar-refractivity contribution is 0.0828. The minimum atomic E-state index is -0.294. The van der Waals surface area contributed by atoms with E-state index >= 15 is 0 Å². The van der Waals surface area contributed by atoms with E-state index in [2.05, 4.69) is 17.4 Å². The quantitative estimate of drug-likeness (QED) is 0.658. The van der Waals surface area contributed by atoms with Crippen molar-refractivity contribution < 1.29 is 14.3 Å². The highest BCUT2D eigenvalue weighted by molar-refractivity contribution is 6.09. The van der Waals surface area contributed by atoms with E-state index in [-0.39, 0.29) is 11.8 Å². The average molecular weight is 388 g/mol. The summed E-state index contributed by atoms with van der Waals surface area (Å²) in [5.41, 5.74) is 2.59. The van der Waals surface area contributed by atoms with E-state index < -0.39 is 0 Å². The lowest BCUT2D eigenvalue weighted by atomic mass is 10.1. The third-order valence-corrected chi connectivity index (χ3v) is 4.41. The fourth-order valence-corrected chi connectivity index (χ4v) is 2.87. The molecule has 0 heterocycles. The van der Waals surface area contributed by atoms with E-state index in [1.807, 2.05) is 24.3 Å². The zero-order valence-corrected chi connectivity index (χ0v) is 16.6. The molecule has 0 aliphatic heterocycles. The van der Waals surface area contributed by atoms with E-state index in [9.17, 15) is 9.59 Å². The van der Waals surface area contributed by atoms with Gasteiger partial charge in [-0.2, -0.15) is 0 Å². The van der Waals surface area contributed by atoms with E-state index in [0.717, 1.165) is 6.42 Å². The van der Waals surface area contributed by atoms with Gasteiger partial charge < -0.3 is 15.0 Å². The molecular weight excluding hydrogens is 364 g/mol. The number of para-hydroxylation sites is 1. The molecule has 2 amide bonds. The van der Waals surface area contributed by atoms with Crippen LogP contribution in [0.3, 0.4) is 0 Å². The van der Waals surface area contributed by atoms with Crippen LogP contribution in [0.4, 0.5) is 5.69 Å². The lowest BCUT2D eigenvalue weighted by Gasteiger charge is -2.15. The number of rotatable bonds is 7. The summed E-state index contributed by atoms with van der Waals surface area (Å²) in [4.78, 5) is 26.5. The number of carbonyl (C=O) groups excluding carboxylic acids is 2. The summed E-state index contributed by atoms with van der Waals surface area (Å²) in [7, 11) is 3.36. The Balaban J connectivity index is 1.66. The van der Waals surface area contributed by atoms with Crippen LogP contribution in [-0.4, -0.2) is 37.4 Å². The van der Waals surface area contributed by atoms with Crippen LogP contribution in [0.2, 0.25) is 0 Å². The van der Waals surface area contributed by atoms with E-state index in [1.54, 1.807) is 56.6 Å². The molecule has 3 rings (SSSR count). The van der Waals surface area contributed by atoms with Gasteiger partial charge in [0.2, 0.25) is 0 Å². The second kappa shape index (κ2) is 9.55. The number of hydrogen-bond acceptors (Lipinski definition) is 3. The number of anilines is 1. The van der Waals surface area contributed by atoms with Crippen molar-refractivity contribution in [1.29, 1.82) is 0 Å². The van der Waals surface area contributed by atoms with Gasteiger partial charge in [-0.25, -0.2) is 0 Å². The second-order valence-electron chi connectivity index (χ2n) is 6.81. The Labute approximate surface area is 170 Å². The van der Waals surface area contributed by atoms with Gasteiger partial charge in [-0.1, -0.05) is 48.5 Å². The summed E-state index contributed by atoms with van der Waals surface area (Å²) in [5.74, 6) is 0.169. The van der Waals surface area contributed by atoms with Gasteiger partial charge >= 0.3 is 0 Å². The van der Waals surface area contributed by atoms with Crippen LogP contribution in [0.25, 0.3) is 0 Å². The van der Waals surface area contributed by atoms with Gasteiger partial charge in [0.15, 0.2) is 0 Å². The Morgan fingerprint density at radius 1 is 0.897 bits per heavy atom. The molecule has 0 saturated carbocycles. The molecule has 148 valence electrons. The molecule has 0 bridgehead atoms. The van der Waals surface area contributed by atoms with Gasteiger partial charge in [0.25, 0.3) is 11.8 Å². The molecule has 0 unspecified atom stereocenters. The van der Waals surface area contributed by atoms with Crippen molar-refractivity contribution in [2.45, 2.75) is 6.42 Å². The summed E-state index contributed by atoms with van der Waals surface area (Å²) in [5, 5.41) is 2.83. The first-order valence-corrected chi connectivity index (χ1v) is 9.43. The van der Waals surface area contributed by atoms with Crippen LogP contribution in [0.5, 0.6) is 5.75 Å². The SMILES string of the molecule is CN(C)C(=O)c1ccccc1NC(=O)c1cccc(OCCc2ccccc2)c1. The zero-order valence-electron chi connectivity index (χ0n) is 16.6. The number of nitrogens with zero attached hydrogens (tertiary/aromatic N) is 1. The summed E-state index contributed by atoms with van der Waals surface area (Å²) in [6, 6.07) is 24.1. The number of carbonyl (C=O) groups is 2. The maximum atomic E-state index is 12.7. The highest BCUT2D eigenvalue weighted by Gasteiger charge is 2.15. The largest absolute Gasteiger partial charge is 0.493 e. The first-order chi connectivity index (χ1) is 14.0.